The smallest absolute Gasteiger partial charge is 0.240 e. The summed E-state index contributed by atoms with van der Waals surface area (Å²) in [6.45, 7) is 2.21. The van der Waals surface area contributed by atoms with Crippen LogP contribution in [0.2, 0.25) is 5.02 Å². The number of halogens is 1. The number of benzene rings is 1. The quantitative estimate of drug-likeness (QED) is 0.894. The minimum atomic E-state index is -0.0168. The predicted molar refractivity (Wildman–Crippen MR) is 70.1 cm³/mol. The van der Waals surface area contributed by atoms with Crippen LogP contribution in [0.25, 0.3) is 0 Å². The van der Waals surface area contributed by atoms with Gasteiger partial charge in [0.1, 0.15) is 5.75 Å². The van der Waals surface area contributed by atoms with E-state index in [0.29, 0.717) is 17.3 Å². The molecule has 0 unspecified atom stereocenters. The zero-order valence-electron chi connectivity index (χ0n) is 10.5. The van der Waals surface area contributed by atoms with Gasteiger partial charge in [-0.1, -0.05) is 11.6 Å². The Morgan fingerprint density at radius 3 is 2.71 bits per heavy atom. The van der Waals surface area contributed by atoms with E-state index in [2.05, 4.69) is 5.32 Å². The number of aryl methyl sites for hydroxylation is 1. The first-order valence-electron chi connectivity index (χ1n) is 5.26. The third-order valence-electron chi connectivity index (χ3n) is 2.53. The van der Waals surface area contributed by atoms with E-state index in [0.717, 1.165) is 11.3 Å². The second-order valence-electron chi connectivity index (χ2n) is 3.76. The molecule has 5 heteroatoms. The van der Waals surface area contributed by atoms with Crippen molar-refractivity contribution in [3.05, 3.63) is 22.7 Å². The minimum Gasteiger partial charge on any atom is -0.495 e. The van der Waals surface area contributed by atoms with Gasteiger partial charge in [0.25, 0.3) is 0 Å². The van der Waals surface area contributed by atoms with Crippen molar-refractivity contribution in [2.24, 2.45) is 0 Å². The molecular formula is C12H17ClN2O2. The van der Waals surface area contributed by atoms with Crippen molar-refractivity contribution >= 4 is 23.2 Å². The van der Waals surface area contributed by atoms with E-state index in [1.165, 1.54) is 0 Å². The zero-order valence-corrected chi connectivity index (χ0v) is 11.3. The molecule has 94 valence electrons. The third-order valence-corrected chi connectivity index (χ3v) is 2.83. The number of anilines is 1. The summed E-state index contributed by atoms with van der Waals surface area (Å²) in [4.78, 5) is 13.3. The van der Waals surface area contributed by atoms with Crippen LogP contribution in [0, 0.1) is 6.92 Å². The fourth-order valence-corrected chi connectivity index (χ4v) is 1.80. The SMILES string of the molecule is CNCC(=O)N(C)c1cc(Cl)c(OC)cc1C. The number of carbonyl (C=O) groups is 1. The first-order valence-corrected chi connectivity index (χ1v) is 5.64. The molecular weight excluding hydrogens is 240 g/mol. The molecule has 0 aliphatic heterocycles. The van der Waals surface area contributed by atoms with Gasteiger partial charge in [0.05, 0.1) is 18.7 Å². The Labute approximate surface area is 107 Å². The van der Waals surface area contributed by atoms with Crippen LogP contribution < -0.4 is 15.0 Å². The van der Waals surface area contributed by atoms with Crippen LogP contribution in [0.4, 0.5) is 5.69 Å². The maximum absolute atomic E-state index is 11.8. The Balaban J connectivity index is 3.06. The molecule has 17 heavy (non-hydrogen) atoms. The van der Waals surface area contributed by atoms with Crippen molar-refractivity contribution in [3.8, 4) is 5.75 Å². The second-order valence-corrected chi connectivity index (χ2v) is 4.16. The fraction of sp³-hybridized carbons (Fsp3) is 0.417. The Hall–Kier alpha value is -1.26. The van der Waals surface area contributed by atoms with E-state index >= 15 is 0 Å². The largest absolute Gasteiger partial charge is 0.495 e. The summed E-state index contributed by atoms with van der Waals surface area (Å²) in [6, 6.07) is 3.56. The van der Waals surface area contributed by atoms with Gasteiger partial charge in [-0.25, -0.2) is 0 Å². The summed E-state index contributed by atoms with van der Waals surface area (Å²) >= 11 is 6.05. The lowest BCUT2D eigenvalue weighted by Gasteiger charge is -2.20. The van der Waals surface area contributed by atoms with Crippen LogP contribution in [0.5, 0.6) is 5.75 Å². The molecule has 1 rings (SSSR count). The number of hydrogen-bond donors (Lipinski definition) is 1. The lowest BCUT2D eigenvalue weighted by molar-refractivity contribution is -0.117. The monoisotopic (exact) mass is 256 g/mol. The van der Waals surface area contributed by atoms with E-state index in [9.17, 15) is 4.79 Å². The highest BCUT2D eigenvalue weighted by Gasteiger charge is 2.14. The zero-order chi connectivity index (χ0) is 13.0. The highest BCUT2D eigenvalue weighted by atomic mass is 35.5. The lowest BCUT2D eigenvalue weighted by atomic mass is 10.1. The Morgan fingerprint density at radius 1 is 1.53 bits per heavy atom. The number of methoxy groups -OCH3 is 1. The van der Waals surface area contributed by atoms with Gasteiger partial charge in [-0.05, 0) is 31.7 Å². The van der Waals surface area contributed by atoms with Crippen LogP contribution in [0.1, 0.15) is 5.56 Å². The average Bonchev–Trinajstić information content (AvgIpc) is 2.31. The molecule has 4 nitrogen and oxygen atoms in total. The molecule has 0 radical (unpaired) electrons. The van der Waals surface area contributed by atoms with Gasteiger partial charge in [0.2, 0.25) is 5.91 Å². The van der Waals surface area contributed by atoms with E-state index in [4.69, 9.17) is 16.3 Å². The van der Waals surface area contributed by atoms with Crippen LogP contribution in [-0.4, -0.2) is 33.7 Å². The summed E-state index contributed by atoms with van der Waals surface area (Å²) in [5.74, 6) is 0.596. The number of carbonyl (C=O) groups excluding carboxylic acids is 1. The standard InChI is InChI=1S/C12H17ClN2O2/c1-8-5-11(17-4)9(13)6-10(8)15(3)12(16)7-14-2/h5-6,14H,7H2,1-4H3. The van der Waals surface area contributed by atoms with E-state index < -0.39 is 0 Å². The second kappa shape index (κ2) is 5.89. The Morgan fingerprint density at radius 2 is 2.18 bits per heavy atom. The van der Waals surface area contributed by atoms with Gasteiger partial charge in [-0.15, -0.1) is 0 Å². The molecule has 0 saturated carbocycles. The van der Waals surface area contributed by atoms with Gasteiger partial charge >= 0.3 is 0 Å². The van der Waals surface area contributed by atoms with Crippen LogP contribution in [-0.2, 0) is 4.79 Å². The van der Waals surface area contributed by atoms with Crippen molar-refractivity contribution in [2.75, 3.05) is 32.6 Å². The van der Waals surface area contributed by atoms with Gasteiger partial charge in [-0.3, -0.25) is 4.79 Å². The first kappa shape index (κ1) is 13.8. The predicted octanol–water partition coefficient (Wildman–Crippen LogP) is 1.84. The molecule has 0 spiro atoms. The molecule has 1 aromatic rings. The number of likely N-dealkylation sites (N-methyl/N-ethyl adjacent to an activating group) is 2. The summed E-state index contributed by atoms with van der Waals surface area (Å²) < 4.78 is 5.12. The van der Waals surface area contributed by atoms with Crippen LogP contribution >= 0.6 is 11.6 Å². The Kier molecular flexibility index (Phi) is 4.78. The molecule has 0 bridgehead atoms. The molecule has 1 aromatic carbocycles. The van der Waals surface area contributed by atoms with Gasteiger partial charge in [0.15, 0.2) is 0 Å². The normalized spacial score (nSPS) is 10.2. The molecule has 1 N–H and O–H groups in total. The lowest BCUT2D eigenvalue weighted by Crippen LogP contribution is -2.34. The summed E-state index contributed by atoms with van der Waals surface area (Å²) in [6.07, 6.45) is 0. The van der Waals surface area contributed by atoms with Crippen molar-refractivity contribution < 1.29 is 9.53 Å². The van der Waals surface area contributed by atoms with E-state index in [-0.39, 0.29) is 5.91 Å². The van der Waals surface area contributed by atoms with Crippen LogP contribution in [0.3, 0.4) is 0 Å². The molecule has 0 aromatic heterocycles. The summed E-state index contributed by atoms with van der Waals surface area (Å²) in [5, 5.41) is 3.32. The number of ether oxygens (including phenoxy) is 1. The highest BCUT2D eigenvalue weighted by molar-refractivity contribution is 6.32. The topological polar surface area (TPSA) is 41.6 Å². The maximum atomic E-state index is 11.8. The Bertz CT molecular complexity index is 421. The molecule has 0 aliphatic carbocycles. The van der Waals surface area contributed by atoms with Gasteiger partial charge in [0, 0.05) is 12.7 Å². The van der Waals surface area contributed by atoms with Crippen molar-refractivity contribution in [1.29, 1.82) is 0 Å². The fourth-order valence-electron chi connectivity index (χ4n) is 1.57. The molecule has 0 fully saturated rings. The average molecular weight is 257 g/mol. The van der Waals surface area contributed by atoms with Gasteiger partial charge in [-0.2, -0.15) is 0 Å². The minimum absolute atomic E-state index is 0.0168. The molecule has 0 heterocycles. The van der Waals surface area contributed by atoms with Gasteiger partial charge < -0.3 is 15.0 Å². The molecule has 1 amide bonds. The number of rotatable bonds is 4. The molecule has 0 aliphatic rings. The highest BCUT2D eigenvalue weighted by Crippen LogP contribution is 2.32. The number of nitrogens with zero attached hydrogens (tertiary/aromatic N) is 1. The maximum Gasteiger partial charge on any atom is 0.240 e. The van der Waals surface area contributed by atoms with Crippen LogP contribution in [0.15, 0.2) is 12.1 Å². The molecule has 0 atom stereocenters. The third kappa shape index (κ3) is 3.11. The number of amides is 1. The number of hydrogen-bond acceptors (Lipinski definition) is 3. The van der Waals surface area contributed by atoms with E-state index in [1.807, 2.05) is 13.0 Å². The molecule has 0 saturated heterocycles. The van der Waals surface area contributed by atoms with E-state index in [1.54, 1.807) is 32.2 Å². The summed E-state index contributed by atoms with van der Waals surface area (Å²) in [7, 11) is 5.03. The van der Waals surface area contributed by atoms with Crippen molar-refractivity contribution in [2.45, 2.75) is 6.92 Å². The van der Waals surface area contributed by atoms with Crippen molar-refractivity contribution in [1.82, 2.24) is 5.32 Å². The van der Waals surface area contributed by atoms with Crippen molar-refractivity contribution in [3.63, 3.8) is 0 Å². The number of nitrogens with one attached hydrogen (secondary N) is 1. The summed E-state index contributed by atoms with van der Waals surface area (Å²) in [5.41, 5.74) is 1.73. The first-order chi connectivity index (χ1) is 8.01.